The zero-order valence-corrected chi connectivity index (χ0v) is 10.5. The Kier molecular flexibility index (Phi) is 3.94. The minimum absolute atomic E-state index is 0.388. The van der Waals surface area contributed by atoms with Gasteiger partial charge in [0.2, 0.25) is 5.78 Å². The van der Waals surface area contributed by atoms with Gasteiger partial charge in [0.1, 0.15) is 0 Å². The van der Waals surface area contributed by atoms with Gasteiger partial charge < -0.3 is 10.0 Å². The maximum Gasteiger partial charge on any atom is 0.372 e. The number of Topliss-reactive ketones (excluding diaryl/α,β-unsaturated/α-hetero) is 2. The van der Waals surface area contributed by atoms with Crippen molar-refractivity contribution in [2.45, 2.75) is 19.3 Å². The third-order valence-electron chi connectivity index (χ3n) is 3.20. The van der Waals surface area contributed by atoms with Gasteiger partial charge in [-0.2, -0.15) is 0 Å². The van der Waals surface area contributed by atoms with Crippen LogP contribution in [0.2, 0.25) is 0 Å². The van der Waals surface area contributed by atoms with Crippen molar-refractivity contribution in [3.05, 3.63) is 29.8 Å². The fourth-order valence-corrected chi connectivity index (χ4v) is 2.17. The van der Waals surface area contributed by atoms with Gasteiger partial charge in [-0.1, -0.05) is 12.1 Å². The maximum atomic E-state index is 11.8. The Labute approximate surface area is 110 Å². The molecule has 2 rings (SSSR count). The summed E-state index contributed by atoms with van der Waals surface area (Å²) in [6, 6.07) is 7.01. The molecular formula is C14H15NO4. The lowest BCUT2D eigenvalue weighted by atomic mass is 10.1. The van der Waals surface area contributed by atoms with Gasteiger partial charge in [0, 0.05) is 24.3 Å². The number of anilines is 1. The Morgan fingerprint density at radius 3 is 2.47 bits per heavy atom. The second kappa shape index (κ2) is 5.65. The minimum Gasteiger partial charge on any atom is -0.475 e. The van der Waals surface area contributed by atoms with E-state index in [1.807, 2.05) is 6.07 Å². The lowest BCUT2D eigenvalue weighted by molar-refractivity contribution is -0.148. The molecule has 1 aliphatic rings. The van der Waals surface area contributed by atoms with E-state index in [0.717, 1.165) is 31.6 Å². The SMILES string of the molecule is O=C(O)C(=O)CC(=O)c1cccc(N2CCCC2)c1. The molecule has 0 amide bonds. The van der Waals surface area contributed by atoms with Crippen LogP contribution in [0.25, 0.3) is 0 Å². The summed E-state index contributed by atoms with van der Waals surface area (Å²) >= 11 is 0. The van der Waals surface area contributed by atoms with E-state index in [9.17, 15) is 14.4 Å². The van der Waals surface area contributed by atoms with Crippen LogP contribution >= 0.6 is 0 Å². The molecule has 1 aliphatic heterocycles. The summed E-state index contributed by atoms with van der Waals surface area (Å²) in [5.41, 5.74) is 1.34. The van der Waals surface area contributed by atoms with Crippen LogP contribution in [0.15, 0.2) is 24.3 Å². The van der Waals surface area contributed by atoms with Gasteiger partial charge in [-0.25, -0.2) is 4.79 Å². The first-order valence-corrected chi connectivity index (χ1v) is 6.22. The average molecular weight is 261 g/mol. The lowest BCUT2D eigenvalue weighted by Gasteiger charge is -2.17. The predicted molar refractivity (Wildman–Crippen MR) is 69.5 cm³/mol. The molecule has 1 N–H and O–H groups in total. The smallest absolute Gasteiger partial charge is 0.372 e. The molecule has 100 valence electrons. The van der Waals surface area contributed by atoms with Gasteiger partial charge in [-0.05, 0) is 25.0 Å². The zero-order valence-electron chi connectivity index (χ0n) is 10.5. The number of carboxylic acids is 1. The van der Waals surface area contributed by atoms with Crippen molar-refractivity contribution in [3.8, 4) is 0 Å². The number of rotatable bonds is 5. The summed E-state index contributed by atoms with van der Waals surface area (Å²) in [4.78, 5) is 35.5. The van der Waals surface area contributed by atoms with Gasteiger partial charge >= 0.3 is 5.97 Å². The van der Waals surface area contributed by atoms with Gasteiger partial charge in [0.05, 0.1) is 6.42 Å². The van der Waals surface area contributed by atoms with E-state index in [-0.39, 0.29) is 0 Å². The quantitative estimate of drug-likeness (QED) is 0.494. The predicted octanol–water partition coefficient (Wildman–Crippen LogP) is 1.51. The first-order chi connectivity index (χ1) is 9.08. The summed E-state index contributed by atoms with van der Waals surface area (Å²) in [5, 5.41) is 8.49. The van der Waals surface area contributed by atoms with Crippen LogP contribution in [0.3, 0.4) is 0 Å². The van der Waals surface area contributed by atoms with E-state index in [4.69, 9.17) is 5.11 Å². The van der Waals surface area contributed by atoms with Crippen molar-refractivity contribution < 1.29 is 19.5 Å². The van der Waals surface area contributed by atoms with Crippen LogP contribution in [-0.4, -0.2) is 35.7 Å². The highest BCUT2D eigenvalue weighted by molar-refractivity contribution is 6.37. The number of nitrogens with zero attached hydrogens (tertiary/aromatic N) is 1. The topological polar surface area (TPSA) is 74.7 Å². The van der Waals surface area contributed by atoms with Crippen molar-refractivity contribution in [2.75, 3.05) is 18.0 Å². The number of aliphatic carboxylic acids is 1. The number of carbonyl (C=O) groups is 3. The van der Waals surface area contributed by atoms with Gasteiger partial charge in [0.15, 0.2) is 5.78 Å². The second-order valence-electron chi connectivity index (χ2n) is 4.57. The highest BCUT2D eigenvalue weighted by Crippen LogP contribution is 2.21. The summed E-state index contributed by atoms with van der Waals surface area (Å²) in [5.74, 6) is -3.09. The fraction of sp³-hybridized carbons (Fsp3) is 0.357. The molecule has 0 aliphatic carbocycles. The number of hydrogen-bond donors (Lipinski definition) is 1. The Morgan fingerprint density at radius 2 is 1.84 bits per heavy atom. The first kappa shape index (κ1) is 13.3. The van der Waals surface area contributed by atoms with Crippen LogP contribution in [0.5, 0.6) is 0 Å². The van der Waals surface area contributed by atoms with Crippen LogP contribution in [0.1, 0.15) is 29.6 Å². The van der Waals surface area contributed by atoms with E-state index in [1.54, 1.807) is 18.2 Å². The van der Waals surface area contributed by atoms with Gasteiger partial charge in [-0.3, -0.25) is 9.59 Å². The highest BCUT2D eigenvalue weighted by atomic mass is 16.4. The maximum absolute atomic E-state index is 11.8. The first-order valence-electron chi connectivity index (χ1n) is 6.22. The molecular weight excluding hydrogens is 246 g/mol. The van der Waals surface area contributed by atoms with Gasteiger partial charge in [-0.15, -0.1) is 0 Å². The molecule has 5 heteroatoms. The third kappa shape index (κ3) is 3.19. The normalized spacial score (nSPS) is 14.4. The molecule has 1 heterocycles. The lowest BCUT2D eigenvalue weighted by Crippen LogP contribution is -2.19. The molecule has 0 bridgehead atoms. The molecule has 1 aromatic carbocycles. The van der Waals surface area contributed by atoms with Crippen LogP contribution < -0.4 is 4.90 Å². The van der Waals surface area contributed by atoms with E-state index in [0.29, 0.717) is 5.56 Å². The number of benzene rings is 1. The molecule has 0 aromatic heterocycles. The number of carboxylic acid groups (broad SMARTS) is 1. The van der Waals surface area contributed by atoms with E-state index >= 15 is 0 Å². The van der Waals surface area contributed by atoms with Crippen molar-refractivity contribution >= 4 is 23.2 Å². The molecule has 5 nitrogen and oxygen atoms in total. The Balaban J connectivity index is 2.11. The molecule has 0 saturated carbocycles. The summed E-state index contributed by atoms with van der Waals surface area (Å²) in [6.45, 7) is 1.93. The van der Waals surface area contributed by atoms with Crippen LogP contribution in [-0.2, 0) is 9.59 Å². The molecule has 0 atom stereocenters. The van der Waals surface area contributed by atoms with Crippen molar-refractivity contribution in [1.29, 1.82) is 0 Å². The molecule has 1 saturated heterocycles. The summed E-state index contributed by atoms with van der Waals surface area (Å²) in [7, 11) is 0. The van der Waals surface area contributed by atoms with E-state index in [2.05, 4.69) is 4.90 Å². The zero-order chi connectivity index (χ0) is 13.8. The van der Waals surface area contributed by atoms with Crippen LogP contribution in [0, 0.1) is 0 Å². The van der Waals surface area contributed by atoms with Crippen molar-refractivity contribution in [1.82, 2.24) is 0 Å². The molecule has 1 aromatic rings. The van der Waals surface area contributed by atoms with E-state index < -0.39 is 24.0 Å². The molecule has 0 radical (unpaired) electrons. The summed E-state index contributed by atoms with van der Waals surface area (Å²) in [6.07, 6.45) is 1.68. The number of hydrogen-bond acceptors (Lipinski definition) is 4. The largest absolute Gasteiger partial charge is 0.475 e. The van der Waals surface area contributed by atoms with Crippen molar-refractivity contribution in [2.24, 2.45) is 0 Å². The summed E-state index contributed by atoms with van der Waals surface area (Å²) < 4.78 is 0. The Bertz CT molecular complexity index is 518. The molecule has 0 spiro atoms. The highest BCUT2D eigenvalue weighted by Gasteiger charge is 2.19. The Morgan fingerprint density at radius 1 is 1.16 bits per heavy atom. The van der Waals surface area contributed by atoms with Gasteiger partial charge in [0.25, 0.3) is 0 Å². The van der Waals surface area contributed by atoms with E-state index in [1.165, 1.54) is 0 Å². The number of carbonyl (C=O) groups excluding carboxylic acids is 2. The number of ketones is 2. The third-order valence-corrected chi connectivity index (χ3v) is 3.20. The Hall–Kier alpha value is -2.17. The fourth-order valence-electron chi connectivity index (χ4n) is 2.17. The average Bonchev–Trinajstić information content (AvgIpc) is 2.92. The second-order valence-corrected chi connectivity index (χ2v) is 4.57. The van der Waals surface area contributed by atoms with Crippen molar-refractivity contribution in [3.63, 3.8) is 0 Å². The monoisotopic (exact) mass is 261 g/mol. The molecule has 0 unspecified atom stereocenters. The minimum atomic E-state index is -1.57. The van der Waals surface area contributed by atoms with Crippen LogP contribution in [0.4, 0.5) is 5.69 Å². The molecule has 19 heavy (non-hydrogen) atoms. The standard InChI is InChI=1S/C14H15NO4/c16-12(9-13(17)14(18)19)10-4-3-5-11(8-10)15-6-1-2-7-15/h3-5,8H,1-2,6-7,9H2,(H,18,19). The molecule has 1 fully saturated rings.